The van der Waals surface area contributed by atoms with Gasteiger partial charge in [0.1, 0.15) is 5.65 Å². The highest BCUT2D eigenvalue weighted by atomic mass is 79.9. The molecule has 0 aliphatic heterocycles. The van der Waals surface area contributed by atoms with Crippen LogP contribution in [-0.4, -0.2) is 14.5 Å². The van der Waals surface area contributed by atoms with Crippen LogP contribution >= 0.6 is 31.9 Å². The van der Waals surface area contributed by atoms with Crippen molar-refractivity contribution in [2.45, 2.75) is 0 Å². The van der Waals surface area contributed by atoms with Gasteiger partial charge in [0.05, 0.1) is 17.4 Å². The van der Waals surface area contributed by atoms with Crippen molar-refractivity contribution in [1.82, 2.24) is 14.5 Å². The maximum atomic E-state index is 4.75. The zero-order valence-electron chi connectivity index (χ0n) is 17.4. The second kappa shape index (κ2) is 8.25. The Morgan fingerprint density at radius 3 is 2.30 bits per heavy atom. The summed E-state index contributed by atoms with van der Waals surface area (Å²) in [6.07, 6.45) is 5.60. The number of nitrogens with zero attached hydrogens (tertiary/aromatic N) is 3. The van der Waals surface area contributed by atoms with E-state index in [1.165, 1.54) is 11.1 Å². The molecule has 3 heterocycles. The summed E-state index contributed by atoms with van der Waals surface area (Å²) in [6.45, 7) is 0. The predicted molar refractivity (Wildman–Crippen MR) is 143 cm³/mol. The van der Waals surface area contributed by atoms with Crippen molar-refractivity contribution in [2.24, 2.45) is 0 Å². The van der Waals surface area contributed by atoms with E-state index in [2.05, 4.69) is 114 Å². The van der Waals surface area contributed by atoms with Gasteiger partial charge in [0.25, 0.3) is 0 Å². The Bertz CT molecular complexity index is 1600. The van der Waals surface area contributed by atoms with Gasteiger partial charge in [0, 0.05) is 37.7 Å². The molecule has 3 aromatic heterocycles. The van der Waals surface area contributed by atoms with Crippen molar-refractivity contribution >= 4 is 53.8 Å². The Labute approximate surface area is 208 Å². The Kier molecular flexibility index (Phi) is 5.08. The minimum atomic E-state index is 0.923. The minimum Gasteiger partial charge on any atom is -0.292 e. The van der Waals surface area contributed by atoms with Gasteiger partial charge in [-0.2, -0.15) is 0 Å². The van der Waals surface area contributed by atoms with Crippen LogP contribution in [0.1, 0.15) is 0 Å². The normalized spacial score (nSPS) is 11.3. The third-order valence-electron chi connectivity index (χ3n) is 5.86. The molecule has 0 spiro atoms. The molecule has 0 aliphatic carbocycles. The first kappa shape index (κ1) is 20.3. The third kappa shape index (κ3) is 3.58. The summed E-state index contributed by atoms with van der Waals surface area (Å²) in [7, 11) is 0. The Morgan fingerprint density at radius 2 is 1.42 bits per heavy atom. The lowest BCUT2D eigenvalue weighted by molar-refractivity contribution is 1.13. The van der Waals surface area contributed by atoms with Crippen LogP contribution in [0.3, 0.4) is 0 Å². The number of halogens is 2. The van der Waals surface area contributed by atoms with E-state index < -0.39 is 0 Å². The standard InChI is InChI=1S/C28H17Br2N3/c29-21-7-2-5-19(15-21)18-4-1-6-20(14-18)25-16-22(30)9-10-26(25)33-27-17-31-13-11-23(27)24-8-3-12-32-28(24)33/h1-17H. The van der Waals surface area contributed by atoms with Crippen LogP contribution in [0.4, 0.5) is 0 Å². The number of rotatable bonds is 3. The first-order valence-corrected chi connectivity index (χ1v) is 12.1. The molecule has 0 fully saturated rings. The third-order valence-corrected chi connectivity index (χ3v) is 6.85. The highest BCUT2D eigenvalue weighted by molar-refractivity contribution is 9.10. The van der Waals surface area contributed by atoms with Gasteiger partial charge in [0.15, 0.2) is 0 Å². The van der Waals surface area contributed by atoms with Crippen molar-refractivity contribution in [1.29, 1.82) is 0 Å². The van der Waals surface area contributed by atoms with E-state index in [9.17, 15) is 0 Å². The summed E-state index contributed by atoms with van der Waals surface area (Å²) in [6, 6.07) is 29.6. The molecule has 0 bridgehead atoms. The summed E-state index contributed by atoms with van der Waals surface area (Å²) in [5.41, 5.74) is 7.63. The largest absolute Gasteiger partial charge is 0.292 e. The summed E-state index contributed by atoms with van der Waals surface area (Å²) >= 11 is 7.28. The highest BCUT2D eigenvalue weighted by Gasteiger charge is 2.17. The molecule has 0 aliphatic rings. The van der Waals surface area contributed by atoms with Gasteiger partial charge in [-0.15, -0.1) is 0 Å². The van der Waals surface area contributed by atoms with Crippen molar-refractivity contribution < 1.29 is 0 Å². The predicted octanol–water partition coefficient (Wildman–Crippen LogP) is 8.43. The van der Waals surface area contributed by atoms with Crippen molar-refractivity contribution in [3.05, 3.63) is 112 Å². The Morgan fingerprint density at radius 1 is 0.636 bits per heavy atom. The molecule has 0 saturated heterocycles. The van der Waals surface area contributed by atoms with E-state index in [1.54, 1.807) is 0 Å². The first-order valence-electron chi connectivity index (χ1n) is 10.5. The maximum Gasteiger partial charge on any atom is 0.145 e. The van der Waals surface area contributed by atoms with E-state index >= 15 is 0 Å². The van der Waals surface area contributed by atoms with Crippen LogP contribution in [0.15, 0.2) is 112 Å². The van der Waals surface area contributed by atoms with Gasteiger partial charge >= 0.3 is 0 Å². The van der Waals surface area contributed by atoms with Crippen LogP contribution in [0.25, 0.3) is 49.9 Å². The molecular weight excluding hydrogens is 538 g/mol. The van der Waals surface area contributed by atoms with Crippen molar-refractivity contribution in [3.8, 4) is 27.9 Å². The average Bonchev–Trinajstić information content (AvgIpc) is 3.19. The fourth-order valence-corrected chi connectivity index (χ4v) is 5.16. The van der Waals surface area contributed by atoms with Crippen LogP contribution in [0.2, 0.25) is 0 Å². The monoisotopic (exact) mass is 553 g/mol. The Hall–Kier alpha value is -3.28. The maximum absolute atomic E-state index is 4.75. The number of hydrogen-bond donors (Lipinski definition) is 0. The number of pyridine rings is 2. The Balaban J connectivity index is 1.62. The molecule has 0 atom stereocenters. The molecule has 0 amide bonds. The van der Waals surface area contributed by atoms with Crippen LogP contribution in [0.5, 0.6) is 0 Å². The second-order valence-corrected chi connectivity index (χ2v) is 9.69. The van der Waals surface area contributed by atoms with E-state index in [-0.39, 0.29) is 0 Å². The average molecular weight is 555 g/mol. The summed E-state index contributed by atoms with van der Waals surface area (Å²) in [5, 5.41) is 2.26. The number of benzene rings is 3. The van der Waals surface area contributed by atoms with E-state index in [1.807, 2.05) is 30.7 Å². The molecule has 3 aromatic carbocycles. The zero-order chi connectivity index (χ0) is 22.4. The molecule has 3 nitrogen and oxygen atoms in total. The SMILES string of the molecule is Brc1cccc(-c2cccc(-c3cc(Br)ccc3-n3c4cnccc4c4cccnc43)c2)c1. The number of fused-ring (bicyclic) bond motifs is 3. The van der Waals surface area contributed by atoms with Crippen molar-refractivity contribution in [2.75, 3.05) is 0 Å². The van der Waals surface area contributed by atoms with E-state index in [0.717, 1.165) is 47.7 Å². The van der Waals surface area contributed by atoms with E-state index in [4.69, 9.17) is 4.98 Å². The molecule has 33 heavy (non-hydrogen) atoms. The van der Waals surface area contributed by atoms with Gasteiger partial charge < -0.3 is 0 Å². The van der Waals surface area contributed by atoms with Gasteiger partial charge in [-0.25, -0.2) is 4.98 Å². The van der Waals surface area contributed by atoms with Crippen LogP contribution in [0, 0.1) is 0 Å². The molecule has 5 heteroatoms. The fraction of sp³-hybridized carbons (Fsp3) is 0. The lowest BCUT2D eigenvalue weighted by Crippen LogP contribution is -1.99. The number of aromatic nitrogens is 3. The lowest BCUT2D eigenvalue weighted by Gasteiger charge is -2.15. The molecule has 6 aromatic rings. The minimum absolute atomic E-state index is 0.923. The summed E-state index contributed by atoms with van der Waals surface area (Å²) in [4.78, 5) is 9.16. The topological polar surface area (TPSA) is 30.7 Å². The molecule has 0 N–H and O–H groups in total. The van der Waals surface area contributed by atoms with Gasteiger partial charge in [-0.1, -0.05) is 62.2 Å². The second-order valence-electron chi connectivity index (χ2n) is 7.86. The van der Waals surface area contributed by atoms with Crippen molar-refractivity contribution in [3.63, 3.8) is 0 Å². The molecule has 158 valence electrons. The summed E-state index contributed by atoms with van der Waals surface area (Å²) < 4.78 is 4.31. The quantitative estimate of drug-likeness (QED) is 0.220. The van der Waals surface area contributed by atoms with Gasteiger partial charge in [-0.3, -0.25) is 9.55 Å². The van der Waals surface area contributed by atoms with E-state index in [0.29, 0.717) is 0 Å². The molecule has 6 rings (SSSR count). The highest BCUT2D eigenvalue weighted by Crippen LogP contribution is 2.37. The summed E-state index contributed by atoms with van der Waals surface area (Å²) in [5.74, 6) is 0. The molecule has 0 unspecified atom stereocenters. The first-order chi connectivity index (χ1) is 16.2. The molecular formula is C28H17Br2N3. The zero-order valence-corrected chi connectivity index (χ0v) is 20.6. The lowest BCUT2D eigenvalue weighted by atomic mass is 9.98. The van der Waals surface area contributed by atoms with Gasteiger partial charge in [0.2, 0.25) is 0 Å². The fourth-order valence-electron chi connectivity index (χ4n) is 4.40. The van der Waals surface area contributed by atoms with Crippen LogP contribution in [-0.2, 0) is 0 Å². The smallest absolute Gasteiger partial charge is 0.145 e. The van der Waals surface area contributed by atoms with Crippen LogP contribution < -0.4 is 0 Å². The molecule has 0 radical (unpaired) electrons. The number of hydrogen-bond acceptors (Lipinski definition) is 2. The van der Waals surface area contributed by atoms with Gasteiger partial charge in [-0.05, 0) is 71.3 Å². The molecule has 0 saturated carbocycles.